The van der Waals surface area contributed by atoms with Crippen molar-refractivity contribution in [2.75, 3.05) is 6.61 Å². The van der Waals surface area contributed by atoms with Gasteiger partial charge in [-0.15, -0.1) is 0 Å². The summed E-state index contributed by atoms with van der Waals surface area (Å²) in [7, 11) is -3.71. The Bertz CT molecular complexity index is 459. The second kappa shape index (κ2) is 13.6. The van der Waals surface area contributed by atoms with Crippen LogP contribution < -0.4 is 0 Å². The van der Waals surface area contributed by atoms with E-state index in [-0.39, 0.29) is 6.61 Å². The first-order chi connectivity index (χ1) is 10.1. The third-order valence-corrected chi connectivity index (χ3v) is 6.99. The normalized spacial score (nSPS) is 13.9. The molecule has 0 fully saturated rings. The zero-order chi connectivity index (χ0) is 17.8. The Kier molecular flexibility index (Phi) is 15.2. The van der Waals surface area contributed by atoms with Crippen molar-refractivity contribution >= 4 is 71.0 Å². The molecule has 0 amide bonds. The molecule has 0 aromatic carbocycles. The first-order valence-electron chi connectivity index (χ1n) is 7.08. The molecule has 0 aliphatic heterocycles. The van der Waals surface area contributed by atoms with Crippen molar-refractivity contribution in [1.29, 1.82) is 0 Å². The maximum atomic E-state index is 10.9. The van der Waals surface area contributed by atoms with Crippen LogP contribution in [0.4, 0.5) is 0 Å². The van der Waals surface area contributed by atoms with Crippen molar-refractivity contribution in [1.82, 2.24) is 0 Å². The minimum atomic E-state index is -3.71. The number of esters is 1. The van der Waals surface area contributed by atoms with Crippen molar-refractivity contribution in [3.8, 4) is 0 Å². The molecule has 0 aliphatic rings. The summed E-state index contributed by atoms with van der Waals surface area (Å²) in [6, 6.07) is 0. The Hall–Kier alpha value is 0.226. The van der Waals surface area contributed by atoms with Gasteiger partial charge in [0.2, 0.25) is 0 Å². The van der Waals surface area contributed by atoms with E-state index in [1.54, 1.807) is 13.0 Å². The van der Waals surface area contributed by atoms with Gasteiger partial charge in [0.25, 0.3) is 0 Å². The summed E-state index contributed by atoms with van der Waals surface area (Å²) in [6.07, 6.45) is 4.11. The summed E-state index contributed by atoms with van der Waals surface area (Å²) in [5.41, 5.74) is 0. The number of hydrogen-bond donors (Lipinski definition) is 2. The summed E-state index contributed by atoms with van der Waals surface area (Å²) >= 11 is 0.502. The number of rotatable bonds is 8. The molecule has 2 atom stereocenters. The summed E-state index contributed by atoms with van der Waals surface area (Å²) in [5.74, 6) is -2.00. The second-order valence-electron chi connectivity index (χ2n) is 4.69. The maximum Gasteiger partial charge on any atom is 0.330 e. The molecular weight excluding hydrogens is 339 g/mol. The van der Waals surface area contributed by atoms with E-state index in [1.165, 1.54) is 13.0 Å². The quantitative estimate of drug-likeness (QED) is 0.290. The van der Waals surface area contributed by atoms with Crippen molar-refractivity contribution in [3.05, 3.63) is 12.2 Å². The van der Waals surface area contributed by atoms with E-state index >= 15 is 0 Å². The van der Waals surface area contributed by atoms with Gasteiger partial charge in [0, 0.05) is 6.08 Å². The zero-order valence-corrected chi connectivity index (χ0v) is 17.4. The molecule has 22 heavy (non-hydrogen) atoms. The minimum Gasteiger partial charge on any atom is -0.481 e. The Morgan fingerprint density at radius 1 is 1.36 bits per heavy atom. The Balaban J connectivity index is 0. The van der Waals surface area contributed by atoms with Crippen LogP contribution in [0, 0.1) is 5.92 Å². The van der Waals surface area contributed by atoms with E-state index in [2.05, 4.69) is 0 Å². The van der Waals surface area contributed by atoms with Crippen molar-refractivity contribution < 1.29 is 32.4 Å². The van der Waals surface area contributed by atoms with Crippen LogP contribution in [0.15, 0.2) is 12.2 Å². The zero-order valence-electron chi connectivity index (χ0n) is 13.5. The second-order valence-corrected chi connectivity index (χ2v) is 7.80. The molecule has 2 N–H and O–H groups in total. The fourth-order valence-corrected chi connectivity index (χ4v) is 3.60. The van der Waals surface area contributed by atoms with Gasteiger partial charge in [-0.25, -0.2) is 4.79 Å². The molecule has 9 heteroatoms. The van der Waals surface area contributed by atoms with Crippen LogP contribution in [0.25, 0.3) is 0 Å². The Morgan fingerprint density at radius 2 is 1.91 bits per heavy atom. The molecule has 7 nitrogen and oxygen atoms in total. The SMILES string of the molecule is CC([CH2][K])S(=O)(=O)O.CC=CC(=O)OCC(CCC)C(=O)O. The summed E-state index contributed by atoms with van der Waals surface area (Å²) < 4.78 is 34.0. The number of carboxylic acids is 1. The molecule has 2 unspecified atom stereocenters. The van der Waals surface area contributed by atoms with Gasteiger partial charge < -0.3 is 9.84 Å². The number of carbonyl (C=O) groups excluding carboxylic acids is 1. The molecule has 0 saturated carbocycles. The number of allylic oxidation sites excluding steroid dienone is 1. The topological polar surface area (TPSA) is 118 Å². The van der Waals surface area contributed by atoms with Gasteiger partial charge in [0.1, 0.15) is 6.61 Å². The largest absolute Gasteiger partial charge is 0.481 e. The molecule has 0 aliphatic carbocycles. The monoisotopic (exact) mass is 362 g/mol. The Morgan fingerprint density at radius 3 is 2.18 bits per heavy atom. The molecule has 0 spiro atoms. The van der Waals surface area contributed by atoms with Gasteiger partial charge in [0.05, 0.1) is 5.92 Å². The first-order valence-corrected chi connectivity index (χ1v) is 10.8. The third-order valence-electron chi connectivity index (χ3n) is 2.80. The van der Waals surface area contributed by atoms with Crippen LogP contribution >= 0.6 is 0 Å². The van der Waals surface area contributed by atoms with Gasteiger partial charge in [0.15, 0.2) is 0 Å². The van der Waals surface area contributed by atoms with Crippen molar-refractivity contribution in [3.63, 3.8) is 0 Å². The average molecular weight is 362 g/mol. The van der Waals surface area contributed by atoms with Gasteiger partial charge in [-0.3, -0.25) is 4.79 Å². The predicted octanol–water partition coefficient (Wildman–Crippen LogP) is 1.46. The maximum absolute atomic E-state index is 10.9. The molecule has 0 bridgehead atoms. The summed E-state index contributed by atoms with van der Waals surface area (Å²) in [6.45, 7) is 5.05. The smallest absolute Gasteiger partial charge is 0.330 e. The van der Waals surface area contributed by atoms with E-state index in [4.69, 9.17) is 14.4 Å². The minimum absolute atomic E-state index is 0.0493. The van der Waals surface area contributed by atoms with Crippen LogP contribution in [-0.4, -0.2) is 90.8 Å². The molecule has 0 aromatic rings. The molecule has 0 heterocycles. The molecule has 0 radical (unpaired) electrons. The number of carbonyl (C=O) groups is 2. The van der Waals surface area contributed by atoms with Crippen LogP contribution in [0.5, 0.6) is 0 Å². The predicted molar refractivity (Wildman–Crippen MR) is 83.4 cm³/mol. The summed E-state index contributed by atoms with van der Waals surface area (Å²) in [4.78, 5) is 21.5. The molecular formula is C13H23KO7S. The number of aliphatic carboxylic acids is 1. The van der Waals surface area contributed by atoms with Gasteiger partial charge in [-0.05, 0) is 13.3 Å². The molecule has 0 saturated heterocycles. The van der Waals surface area contributed by atoms with Gasteiger partial charge >= 0.3 is 96.7 Å². The van der Waals surface area contributed by atoms with Gasteiger partial charge in [-0.2, -0.15) is 0 Å². The van der Waals surface area contributed by atoms with Crippen LogP contribution in [0.2, 0.25) is 0.515 Å². The van der Waals surface area contributed by atoms with Crippen molar-refractivity contribution in [2.24, 2.45) is 5.92 Å². The van der Waals surface area contributed by atoms with Crippen LogP contribution in [0.3, 0.4) is 0 Å². The molecule has 0 aromatic heterocycles. The van der Waals surface area contributed by atoms with E-state index < -0.39 is 33.2 Å². The van der Waals surface area contributed by atoms with E-state index in [1.807, 2.05) is 6.92 Å². The standard InChI is InChI=1S/C10H16O4.C3H7O3S.K/c1-3-5-8(10(12)13)7-14-9(11)6-4-2;1-3(2)7(4,5)6;/h4,6,8H,3,5,7H2,1-2H3,(H,12,13);3H,1H2,2H3,(H,4,5,6);. The van der Waals surface area contributed by atoms with Gasteiger partial charge in [-0.1, -0.05) is 19.4 Å². The third kappa shape index (κ3) is 13.9. The summed E-state index contributed by atoms with van der Waals surface area (Å²) in [5, 5.41) is 8.20. The van der Waals surface area contributed by atoms with E-state index in [9.17, 15) is 18.0 Å². The van der Waals surface area contributed by atoms with Crippen molar-refractivity contribution in [2.45, 2.75) is 39.4 Å². The number of hydrogen-bond acceptors (Lipinski definition) is 5. The molecule has 0 rings (SSSR count). The van der Waals surface area contributed by atoms with E-state index in [0.717, 1.165) is 6.42 Å². The fraction of sp³-hybridized carbons (Fsp3) is 0.692. The van der Waals surface area contributed by atoms with Crippen LogP contribution in [0.1, 0.15) is 33.6 Å². The van der Waals surface area contributed by atoms with E-state index in [0.29, 0.717) is 55.9 Å². The number of ether oxygens (including phenoxy) is 1. The fourth-order valence-electron chi connectivity index (χ4n) is 1.20. The first kappa shape index (κ1) is 24.5. The van der Waals surface area contributed by atoms with Crippen LogP contribution in [-0.2, 0) is 24.4 Å². The Labute approximate surface area is 165 Å². The average Bonchev–Trinajstić information content (AvgIpc) is 2.42. The number of carboxylic acid groups (broad SMARTS) is 1. The molecule has 124 valence electrons.